The average molecular weight is 303 g/mol. The quantitative estimate of drug-likeness (QED) is 0.858. The molecule has 4 nitrogen and oxygen atoms in total. The minimum Gasteiger partial charge on any atom is -0.509 e. The summed E-state index contributed by atoms with van der Waals surface area (Å²) in [6.45, 7) is 1.02. The molecule has 1 aromatic carbocycles. The summed E-state index contributed by atoms with van der Waals surface area (Å²) in [6.07, 6.45) is 5.72. The molecule has 0 saturated carbocycles. The lowest BCUT2D eigenvalue weighted by Crippen LogP contribution is -2.35. The van der Waals surface area contributed by atoms with Crippen molar-refractivity contribution in [3.8, 4) is 0 Å². The van der Waals surface area contributed by atoms with E-state index in [4.69, 9.17) is 11.6 Å². The molecule has 3 rings (SSSR count). The highest BCUT2D eigenvalue weighted by molar-refractivity contribution is 6.21. The first-order valence-electron chi connectivity index (χ1n) is 6.70. The molecule has 0 fully saturated rings. The van der Waals surface area contributed by atoms with Crippen LogP contribution >= 0.6 is 11.6 Å². The molecule has 0 atom stereocenters. The minimum absolute atomic E-state index is 0.0757. The molecule has 2 heterocycles. The highest BCUT2D eigenvalue weighted by atomic mass is 35.5. The van der Waals surface area contributed by atoms with Crippen LogP contribution in [0.15, 0.2) is 47.3 Å². The van der Waals surface area contributed by atoms with Crippen molar-refractivity contribution in [3.05, 3.63) is 69.2 Å². The molecular formula is C16H15ClN2O2. The van der Waals surface area contributed by atoms with E-state index in [2.05, 4.69) is 0 Å². The summed E-state index contributed by atoms with van der Waals surface area (Å²) < 4.78 is 3.46. The molecule has 0 unspecified atom stereocenters. The number of aromatic nitrogens is 2. The second kappa shape index (κ2) is 5.66. The number of benzene rings is 1. The van der Waals surface area contributed by atoms with Gasteiger partial charge < -0.3 is 9.67 Å². The lowest BCUT2D eigenvalue weighted by Gasteiger charge is -2.07. The second-order valence-corrected chi connectivity index (χ2v) is 5.14. The molecule has 0 amide bonds. The van der Waals surface area contributed by atoms with Gasteiger partial charge in [-0.25, -0.2) is 0 Å². The van der Waals surface area contributed by atoms with Crippen molar-refractivity contribution in [2.24, 2.45) is 0 Å². The molecule has 1 aliphatic rings. The fourth-order valence-electron chi connectivity index (χ4n) is 2.55. The normalized spacial score (nSPS) is 14.5. The van der Waals surface area contributed by atoms with E-state index in [9.17, 15) is 9.90 Å². The van der Waals surface area contributed by atoms with E-state index < -0.39 is 0 Å². The van der Waals surface area contributed by atoms with Crippen LogP contribution in [0.5, 0.6) is 0 Å². The van der Waals surface area contributed by atoms with Gasteiger partial charge in [-0.2, -0.15) is 0 Å². The number of hydrogen-bond donors (Lipinski definition) is 1. The standard InChI is InChI=1S/C16H15ClN2O2/c17-10-13(20)15-16(21)19(11-12-6-2-1-3-7-12)14-8-4-5-9-18(14)15/h1-8,20H,9-11H2. The summed E-state index contributed by atoms with van der Waals surface area (Å²) in [7, 11) is 0. The molecule has 0 aliphatic carbocycles. The molecule has 1 aromatic heterocycles. The number of nitrogens with zero attached hydrogens (tertiary/aromatic N) is 2. The number of allylic oxidation sites excluding steroid dienone is 2. The maximum Gasteiger partial charge on any atom is 0.279 e. The smallest absolute Gasteiger partial charge is 0.279 e. The zero-order valence-corrected chi connectivity index (χ0v) is 12.1. The van der Waals surface area contributed by atoms with E-state index in [0.29, 0.717) is 13.1 Å². The predicted octanol–water partition coefficient (Wildman–Crippen LogP) is 0.953. The molecule has 0 radical (unpaired) electrons. The van der Waals surface area contributed by atoms with E-state index >= 15 is 0 Å². The lowest BCUT2D eigenvalue weighted by molar-refractivity contribution is 0.492. The molecule has 0 spiro atoms. The molecule has 21 heavy (non-hydrogen) atoms. The topological polar surface area (TPSA) is 47.2 Å². The Hall–Kier alpha value is -2.20. The summed E-state index contributed by atoms with van der Waals surface area (Å²) >= 11 is 5.69. The Labute approximate surface area is 126 Å². The zero-order valence-electron chi connectivity index (χ0n) is 11.4. The van der Waals surface area contributed by atoms with E-state index in [1.165, 1.54) is 0 Å². The van der Waals surface area contributed by atoms with Crippen molar-refractivity contribution < 1.29 is 5.11 Å². The van der Waals surface area contributed by atoms with Crippen molar-refractivity contribution in [1.82, 2.24) is 9.13 Å². The third-order valence-electron chi connectivity index (χ3n) is 3.52. The number of hydrogen-bond acceptors (Lipinski definition) is 2. The van der Waals surface area contributed by atoms with Crippen molar-refractivity contribution in [3.63, 3.8) is 0 Å². The van der Waals surface area contributed by atoms with Crippen LogP contribution < -0.4 is 16.4 Å². The van der Waals surface area contributed by atoms with Gasteiger partial charge in [-0.1, -0.05) is 42.5 Å². The van der Waals surface area contributed by atoms with Crippen molar-refractivity contribution in [2.45, 2.75) is 13.1 Å². The molecular weight excluding hydrogens is 288 g/mol. The van der Waals surface area contributed by atoms with Gasteiger partial charge in [-0.05, 0) is 11.6 Å². The fourth-order valence-corrected chi connectivity index (χ4v) is 2.68. The Morgan fingerprint density at radius 2 is 2.05 bits per heavy atom. The van der Waals surface area contributed by atoms with Crippen LogP contribution in [-0.4, -0.2) is 20.1 Å². The largest absolute Gasteiger partial charge is 0.509 e. The second-order valence-electron chi connectivity index (χ2n) is 4.87. The maximum atomic E-state index is 12.6. The molecule has 0 bridgehead atoms. The molecule has 1 aliphatic heterocycles. The third kappa shape index (κ3) is 2.43. The highest BCUT2D eigenvalue weighted by Gasteiger charge is 2.14. The predicted molar refractivity (Wildman–Crippen MR) is 83.8 cm³/mol. The number of alkyl halides is 1. The van der Waals surface area contributed by atoms with Gasteiger partial charge in [-0.15, -0.1) is 11.6 Å². The Bertz CT molecular complexity index is 860. The van der Waals surface area contributed by atoms with Crippen LogP contribution in [0.4, 0.5) is 0 Å². The lowest BCUT2D eigenvalue weighted by atomic mass is 10.2. The number of aliphatic hydroxyl groups is 1. The molecule has 1 N–H and O–H groups in total. The van der Waals surface area contributed by atoms with Crippen molar-refractivity contribution in [2.75, 3.05) is 5.88 Å². The maximum absolute atomic E-state index is 12.6. The molecule has 2 aromatic rings. The van der Waals surface area contributed by atoms with E-state index in [1.54, 1.807) is 9.13 Å². The first-order valence-corrected chi connectivity index (χ1v) is 7.24. The van der Waals surface area contributed by atoms with Gasteiger partial charge in [0.2, 0.25) is 0 Å². The number of fused-ring (bicyclic) bond motifs is 1. The van der Waals surface area contributed by atoms with Crippen LogP contribution in [0, 0.1) is 0 Å². The van der Waals surface area contributed by atoms with Crippen LogP contribution in [0.1, 0.15) is 5.56 Å². The monoisotopic (exact) mass is 302 g/mol. The van der Waals surface area contributed by atoms with Crippen LogP contribution in [0.25, 0.3) is 11.8 Å². The molecule has 108 valence electrons. The van der Waals surface area contributed by atoms with Gasteiger partial charge in [0.1, 0.15) is 16.6 Å². The summed E-state index contributed by atoms with van der Waals surface area (Å²) in [5, 5.41) is 10.2. The van der Waals surface area contributed by atoms with Gasteiger partial charge in [0, 0.05) is 6.54 Å². The number of rotatable bonds is 3. The highest BCUT2D eigenvalue weighted by Crippen LogP contribution is 1.99. The van der Waals surface area contributed by atoms with E-state index in [-0.39, 0.29) is 22.5 Å². The van der Waals surface area contributed by atoms with Crippen LogP contribution in [-0.2, 0) is 13.1 Å². The number of imidazole rings is 1. The summed E-state index contributed by atoms with van der Waals surface area (Å²) in [5.74, 6) is -0.160. The van der Waals surface area contributed by atoms with Gasteiger partial charge in [0.15, 0.2) is 0 Å². The van der Waals surface area contributed by atoms with Crippen LogP contribution in [0.3, 0.4) is 0 Å². The van der Waals surface area contributed by atoms with E-state index in [1.807, 2.05) is 48.6 Å². The minimum atomic E-state index is -0.216. The first-order chi connectivity index (χ1) is 10.2. The Morgan fingerprint density at radius 3 is 2.76 bits per heavy atom. The third-order valence-corrected chi connectivity index (χ3v) is 3.78. The number of halogens is 1. The van der Waals surface area contributed by atoms with Crippen LogP contribution in [0.2, 0.25) is 0 Å². The molecule has 5 heteroatoms. The molecule has 0 saturated heterocycles. The zero-order chi connectivity index (χ0) is 14.8. The van der Waals surface area contributed by atoms with Crippen molar-refractivity contribution >= 4 is 23.4 Å². The van der Waals surface area contributed by atoms with Gasteiger partial charge in [0.25, 0.3) is 5.56 Å². The average Bonchev–Trinajstić information content (AvgIpc) is 2.80. The Morgan fingerprint density at radius 1 is 1.29 bits per heavy atom. The summed E-state index contributed by atoms with van der Waals surface area (Å²) in [4.78, 5) is 12.6. The number of aliphatic hydroxyl groups excluding tert-OH is 1. The summed E-state index contributed by atoms with van der Waals surface area (Å²) in [5.41, 5.74) is 1.60. The van der Waals surface area contributed by atoms with Gasteiger partial charge in [-0.3, -0.25) is 9.36 Å². The van der Waals surface area contributed by atoms with Gasteiger partial charge >= 0.3 is 0 Å². The van der Waals surface area contributed by atoms with Gasteiger partial charge in [0.05, 0.1) is 12.4 Å². The first kappa shape index (κ1) is 13.8. The Kier molecular flexibility index (Phi) is 3.71. The van der Waals surface area contributed by atoms with E-state index in [0.717, 1.165) is 11.0 Å². The fraction of sp³-hybridized carbons (Fsp3) is 0.188. The Balaban J connectivity index is 2.26. The van der Waals surface area contributed by atoms with Crippen molar-refractivity contribution in [1.29, 1.82) is 0 Å². The summed E-state index contributed by atoms with van der Waals surface area (Å²) in [6, 6.07) is 9.76. The SMILES string of the molecule is O=c1c(=C(O)CCl)n2c(n1Cc1ccccc1)=CC=CC2.